The van der Waals surface area contributed by atoms with Crippen molar-refractivity contribution in [3.8, 4) is 0 Å². The fourth-order valence-electron chi connectivity index (χ4n) is 2.27. The molecule has 0 aliphatic carbocycles. The number of benzene rings is 2. The van der Waals surface area contributed by atoms with Crippen LogP contribution in [0.2, 0.25) is 0 Å². The summed E-state index contributed by atoms with van der Waals surface area (Å²) < 4.78 is 5.78. The summed E-state index contributed by atoms with van der Waals surface area (Å²) >= 11 is 0. The smallest absolute Gasteiger partial charge is 0.135 e. The zero-order chi connectivity index (χ0) is 11.8. The molecule has 3 rings (SSSR count). The zero-order valence-electron chi connectivity index (χ0n) is 9.81. The Labute approximate surface area is 100 Å². The number of para-hydroxylation sites is 1. The van der Waals surface area contributed by atoms with Gasteiger partial charge in [-0.2, -0.15) is 0 Å². The molecule has 86 valence electrons. The van der Waals surface area contributed by atoms with Crippen molar-refractivity contribution >= 4 is 21.9 Å². The van der Waals surface area contributed by atoms with Crippen LogP contribution in [0.1, 0.15) is 12.5 Å². The quantitative estimate of drug-likeness (QED) is 0.725. The number of hydrogen-bond acceptors (Lipinski definition) is 2. The van der Waals surface area contributed by atoms with E-state index in [0.717, 1.165) is 17.6 Å². The van der Waals surface area contributed by atoms with Gasteiger partial charge >= 0.3 is 0 Å². The molecule has 0 saturated heterocycles. The van der Waals surface area contributed by atoms with Crippen LogP contribution < -0.4 is 5.73 Å². The molecule has 3 aromatic rings. The fourth-order valence-corrected chi connectivity index (χ4v) is 2.27. The van der Waals surface area contributed by atoms with Crippen molar-refractivity contribution in [3.63, 3.8) is 0 Å². The van der Waals surface area contributed by atoms with Gasteiger partial charge in [-0.3, -0.25) is 0 Å². The molecule has 0 unspecified atom stereocenters. The van der Waals surface area contributed by atoms with Gasteiger partial charge in [-0.1, -0.05) is 24.3 Å². The van der Waals surface area contributed by atoms with Crippen LogP contribution in [0, 0.1) is 0 Å². The molecular formula is C15H15NO. The molecule has 0 radical (unpaired) electrons. The van der Waals surface area contributed by atoms with Gasteiger partial charge in [0.05, 0.1) is 0 Å². The minimum atomic E-state index is 0.186. The molecule has 0 fully saturated rings. The summed E-state index contributed by atoms with van der Waals surface area (Å²) in [6.45, 7) is 2.03. The number of furan rings is 1. The first kappa shape index (κ1) is 10.4. The van der Waals surface area contributed by atoms with Crippen LogP contribution in [0.4, 0.5) is 0 Å². The third-order valence-electron chi connectivity index (χ3n) is 3.00. The summed E-state index contributed by atoms with van der Waals surface area (Å²) in [6, 6.07) is 14.6. The van der Waals surface area contributed by atoms with Crippen LogP contribution in [0.25, 0.3) is 21.9 Å². The molecule has 1 atom stereocenters. The predicted molar refractivity (Wildman–Crippen MR) is 71.1 cm³/mol. The van der Waals surface area contributed by atoms with E-state index in [-0.39, 0.29) is 6.04 Å². The Morgan fingerprint density at radius 1 is 1.06 bits per heavy atom. The third kappa shape index (κ3) is 1.81. The molecule has 1 heterocycles. The van der Waals surface area contributed by atoms with Gasteiger partial charge in [-0.05, 0) is 37.1 Å². The van der Waals surface area contributed by atoms with Crippen LogP contribution in [-0.4, -0.2) is 6.04 Å². The molecule has 0 amide bonds. The highest BCUT2D eigenvalue weighted by Crippen LogP contribution is 2.29. The maximum absolute atomic E-state index is 5.83. The molecule has 2 aromatic carbocycles. The van der Waals surface area contributed by atoms with Crippen molar-refractivity contribution in [2.75, 3.05) is 0 Å². The van der Waals surface area contributed by atoms with E-state index < -0.39 is 0 Å². The lowest BCUT2D eigenvalue weighted by Crippen LogP contribution is -2.17. The SMILES string of the molecule is C[C@@H](N)Cc1ccc2oc3ccccc3c2c1. The fraction of sp³-hybridized carbons (Fsp3) is 0.200. The minimum Gasteiger partial charge on any atom is -0.456 e. The maximum Gasteiger partial charge on any atom is 0.135 e. The Morgan fingerprint density at radius 2 is 1.82 bits per heavy atom. The highest BCUT2D eigenvalue weighted by atomic mass is 16.3. The van der Waals surface area contributed by atoms with Gasteiger partial charge in [0.1, 0.15) is 11.2 Å². The van der Waals surface area contributed by atoms with E-state index >= 15 is 0 Å². The summed E-state index contributed by atoms with van der Waals surface area (Å²) in [5, 5.41) is 2.35. The van der Waals surface area contributed by atoms with Crippen LogP contribution >= 0.6 is 0 Å². The zero-order valence-corrected chi connectivity index (χ0v) is 9.81. The summed E-state index contributed by atoms with van der Waals surface area (Å²) in [7, 11) is 0. The molecule has 2 N–H and O–H groups in total. The summed E-state index contributed by atoms with van der Waals surface area (Å²) in [5.41, 5.74) is 8.98. The van der Waals surface area contributed by atoms with Crippen molar-refractivity contribution < 1.29 is 4.42 Å². The molecule has 0 aliphatic heterocycles. The van der Waals surface area contributed by atoms with Gasteiger partial charge in [0.2, 0.25) is 0 Å². The summed E-state index contributed by atoms with van der Waals surface area (Å²) in [6.07, 6.45) is 0.898. The summed E-state index contributed by atoms with van der Waals surface area (Å²) in [5.74, 6) is 0. The highest BCUT2D eigenvalue weighted by molar-refractivity contribution is 6.04. The number of nitrogens with two attached hydrogens (primary N) is 1. The first-order valence-corrected chi connectivity index (χ1v) is 5.90. The van der Waals surface area contributed by atoms with Crippen LogP contribution in [-0.2, 0) is 6.42 Å². The number of rotatable bonds is 2. The predicted octanol–water partition coefficient (Wildman–Crippen LogP) is 3.48. The minimum absolute atomic E-state index is 0.186. The first-order chi connectivity index (χ1) is 8.24. The van der Waals surface area contributed by atoms with E-state index in [2.05, 4.69) is 18.2 Å². The average molecular weight is 225 g/mol. The normalized spacial score (nSPS) is 13.3. The van der Waals surface area contributed by atoms with Gasteiger partial charge in [0.25, 0.3) is 0 Å². The van der Waals surface area contributed by atoms with Gasteiger partial charge in [-0.25, -0.2) is 0 Å². The molecule has 0 bridgehead atoms. The van der Waals surface area contributed by atoms with E-state index in [1.54, 1.807) is 0 Å². The second-order valence-electron chi connectivity index (χ2n) is 4.61. The Balaban J connectivity index is 2.23. The maximum atomic E-state index is 5.83. The van der Waals surface area contributed by atoms with E-state index in [0.29, 0.717) is 0 Å². The Hall–Kier alpha value is -1.80. The van der Waals surface area contributed by atoms with Gasteiger partial charge in [0, 0.05) is 16.8 Å². The van der Waals surface area contributed by atoms with Gasteiger partial charge < -0.3 is 10.2 Å². The van der Waals surface area contributed by atoms with Crippen molar-refractivity contribution in [1.82, 2.24) is 0 Å². The van der Waals surface area contributed by atoms with Gasteiger partial charge in [-0.15, -0.1) is 0 Å². The number of fused-ring (bicyclic) bond motifs is 3. The standard InChI is InChI=1S/C15H15NO/c1-10(16)8-11-6-7-15-13(9-11)12-4-2-3-5-14(12)17-15/h2-7,9-10H,8,16H2,1H3/t10-/m1/s1. The highest BCUT2D eigenvalue weighted by Gasteiger charge is 2.07. The van der Waals surface area contributed by atoms with E-state index in [1.165, 1.54) is 16.3 Å². The lowest BCUT2D eigenvalue weighted by atomic mass is 10.0. The van der Waals surface area contributed by atoms with E-state index in [1.807, 2.05) is 31.2 Å². The monoisotopic (exact) mass is 225 g/mol. The molecule has 0 saturated carbocycles. The molecule has 0 spiro atoms. The lowest BCUT2D eigenvalue weighted by molar-refractivity contribution is 0.668. The second kappa shape index (κ2) is 3.90. The Morgan fingerprint density at radius 3 is 2.65 bits per heavy atom. The van der Waals surface area contributed by atoms with Gasteiger partial charge in [0.15, 0.2) is 0 Å². The average Bonchev–Trinajstić information content (AvgIpc) is 2.66. The number of hydrogen-bond donors (Lipinski definition) is 1. The molecule has 2 heteroatoms. The van der Waals surface area contributed by atoms with Crippen molar-refractivity contribution in [2.24, 2.45) is 5.73 Å². The van der Waals surface area contributed by atoms with E-state index in [4.69, 9.17) is 10.2 Å². The Bertz CT molecular complexity index is 667. The van der Waals surface area contributed by atoms with Crippen LogP contribution in [0.5, 0.6) is 0 Å². The van der Waals surface area contributed by atoms with Crippen LogP contribution in [0.3, 0.4) is 0 Å². The topological polar surface area (TPSA) is 39.2 Å². The van der Waals surface area contributed by atoms with Crippen molar-refractivity contribution in [3.05, 3.63) is 48.0 Å². The van der Waals surface area contributed by atoms with Crippen molar-refractivity contribution in [1.29, 1.82) is 0 Å². The van der Waals surface area contributed by atoms with Crippen molar-refractivity contribution in [2.45, 2.75) is 19.4 Å². The Kier molecular flexibility index (Phi) is 2.37. The molecule has 1 aromatic heterocycles. The first-order valence-electron chi connectivity index (χ1n) is 5.90. The lowest BCUT2D eigenvalue weighted by Gasteiger charge is -2.04. The molecular weight excluding hydrogens is 210 g/mol. The third-order valence-corrected chi connectivity index (χ3v) is 3.00. The van der Waals surface area contributed by atoms with E-state index in [9.17, 15) is 0 Å². The largest absolute Gasteiger partial charge is 0.456 e. The molecule has 2 nitrogen and oxygen atoms in total. The molecule has 17 heavy (non-hydrogen) atoms. The second-order valence-corrected chi connectivity index (χ2v) is 4.61. The van der Waals surface area contributed by atoms with Crippen LogP contribution in [0.15, 0.2) is 46.9 Å². The summed E-state index contributed by atoms with van der Waals surface area (Å²) in [4.78, 5) is 0. The molecule has 0 aliphatic rings.